The zero-order valence-electron chi connectivity index (χ0n) is 15.5. The Labute approximate surface area is 162 Å². The first-order valence-electron chi connectivity index (χ1n) is 9.22. The molecule has 2 aromatic carbocycles. The summed E-state index contributed by atoms with van der Waals surface area (Å²) in [6.45, 7) is -0.0526. The highest BCUT2D eigenvalue weighted by molar-refractivity contribution is 5.78. The minimum Gasteiger partial charge on any atom is -0.483 e. The number of hydrogen-bond donors (Lipinski definition) is 0. The molecule has 1 heterocycles. The first-order chi connectivity index (χ1) is 13.4. The van der Waals surface area contributed by atoms with Gasteiger partial charge in [0, 0.05) is 32.6 Å². The summed E-state index contributed by atoms with van der Waals surface area (Å²) in [5, 5.41) is 0. The van der Waals surface area contributed by atoms with Gasteiger partial charge in [-0.3, -0.25) is 9.69 Å². The number of alkyl halides is 3. The summed E-state index contributed by atoms with van der Waals surface area (Å²) in [6, 6.07) is 17.5. The number of piperazine rings is 1. The Bertz CT molecular complexity index is 773. The van der Waals surface area contributed by atoms with Crippen molar-refractivity contribution in [3.8, 4) is 5.75 Å². The van der Waals surface area contributed by atoms with Gasteiger partial charge in [-0.2, -0.15) is 13.2 Å². The van der Waals surface area contributed by atoms with Crippen LogP contribution in [0.1, 0.15) is 11.1 Å². The van der Waals surface area contributed by atoms with Crippen molar-refractivity contribution in [2.75, 3.05) is 39.3 Å². The number of para-hydroxylation sites is 1. The molecule has 0 atom stereocenters. The van der Waals surface area contributed by atoms with E-state index < -0.39 is 12.7 Å². The van der Waals surface area contributed by atoms with Crippen molar-refractivity contribution in [2.45, 2.75) is 12.6 Å². The molecule has 1 aliphatic heterocycles. The van der Waals surface area contributed by atoms with E-state index in [0.29, 0.717) is 12.2 Å². The van der Waals surface area contributed by atoms with Crippen molar-refractivity contribution >= 4 is 5.91 Å². The smallest absolute Gasteiger partial charge is 0.401 e. The van der Waals surface area contributed by atoms with Gasteiger partial charge in [0.1, 0.15) is 5.75 Å². The lowest BCUT2D eigenvalue weighted by molar-refractivity contribution is -0.152. The predicted molar refractivity (Wildman–Crippen MR) is 100 cm³/mol. The predicted octanol–water partition coefficient (Wildman–Crippen LogP) is 3.36. The van der Waals surface area contributed by atoms with E-state index in [2.05, 4.69) is 0 Å². The Morgan fingerprint density at radius 1 is 0.929 bits per heavy atom. The Kier molecular flexibility index (Phi) is 6.57. The molecule has 1 amide bonds. The Morgan fingerprint density at radius 2 is 1.57 bits per heavy atom. The lowest BCUT2D eigenvalue weighted by atomic mass is 10.0. The molecule has 0 radical (unpaired) electrons. The number of benzene rings is 2. The second-order valence-corrected chi connectivity index (χ2v) is 6.83. The van der Waals surface area contributed by atoms with Gasteiger partial charge < -0.3 is 9.64 Å². The summed E-state index contributed by atoms with van der Waals surface area (Å²) < 4.78 is 43.1. The van der Waals surface area contributed by atoms with Crippen molar-refractivity contribution in [3.63, 3.8) is 0 Å². The van der Waals surface area contributed by atoms with Crippen LogP contribution in [0, 0.1) is 0 Å². The van der Waals surface area contributed by atoms with Gasteiger partial charge in [-0.15, -0.1) is 0 Å². The van der Waals surface area contributed by atoms with E-state index >= 15 is 0 Å². The van der Waals surface area contributed by atoms with Crippen LogP contribution in [0.5, 0.6) is 5.75 Å². The van der Waals surface area contributed by atoms with E-state index in [1.54, 1.807) is 4.90 Å². The molecule has 0 spiro atoms. The molecule has 0 aromatic heterocycles. The number of hydrogen-bond acceptors (Lipinski definition) is 3. The summed E-state index contributed by atoms with van der Waals surface area (Å²) in [5.41, 5.74) is 2.13. The third-order valence-electron chi connectivity index (χ3n) is 4.69. The quantitative estimate of drug-likeness (QED) is 0.756. The van der Waals surface area contributed by atoms with Crippen LogP contribution in [0.15, 0.2) is 54.6 Å². The molecule has 7 heteroatoms. The van der Waals surface area contributed by atoms with Gasteiger partial charge in [0.05, 0.1) is 6.54 Å². The largest absolute Gasteiger partial charge is 0.483 e. The van der Waals surface area contributed by atoms with Gasteiger partial charge in [0.15, 0.2) is 6.61 Å². The van der Waals surface area contributed by atoms with E-state index in [0.717, 1.165) is 11.1 Å². The Balaban J connectivity index is 1.52. The van der Waals surface area contributed by atoms with E-state index in [-0.39, 0.29) is 38.7 Å². The van der Waals surface area contributed by atoms with Crippen LogP contribution in [-0.2, 0) is 11.2 Å². The highest BCUT2D eigenvalue weighted by Crippen LogP contribution is 2.22. The van der Waals surface area contributed by atoms with Gasteiger partial charge in [-0.1, -0.05) is 48.5 Å². The molecule has 2 aromatic rings. The molecule has 1 fully saturated rings. The molecule has 4 nitrogen and oxygen atoms in total. The Morgan fingerprint density at radius 3 is 2.25 bits per heavy atom. The Hall–Kier alpha value is -2.54. The fourth-order valence-corrected chi connectivity index (χ4v) is 3.25. The summed E-state index contributed by atoms with van der Waals surface area (Å²) in [6.07, 6.45) is -3.51. The fraction of sp³-hybridized carbons (Fsp3) is 0.381. The topological polar surface area (TPSA) is 32.8 Å². The number of amides is 1. The number of rotatable bonds is 6. The van der Waals surface area contributed by atoms with Crippen LogP contribution >= 0.6 is 0 Å². The third-order valence-corrected chi connectivity index (χ3v) is 4.69. The van der Waals surface area contributed by atoms with Crippen molar-refractivity contribution in [1.29, 1.82) is 0 Å². The summed E-state index contributed by atoms with van der Waals surface area (Å²) in [5.74, 6) is 0.441. The lowest BCUT2D eigenvalue weighted by Crippen LogP contribution is -2.51. The molecule has 0 saturated carbocycles. The highest BCUT2D eigenvalue weighted by Gasteiger charge is 2.32. The number of nitrogens with zero attached hydrogens (tertiary/aromatic N) is 2. The molecular formula is C21H23F3N2O2. The second-order valence-electron chi connectivity index (χ2n) is 6.83. The number of ether oxygens (including phenoxy) is 1. The number of carbonyl (C=O) groups excluding carboxylic acids is 1. The van der Waals surface area contributed by atoms with Gasteiger partial charge in [0.25, 0.3) is 5.91 Å². The average Bonchev–Trinajstić information content (AvgIpc) is 2.67. The molecule has 28 heavy (non-hydrogen) atoms. The van der Waals surface area contributed by atoms with Crippen LogP contribution in [0.4, 0.5) is 13.2 Å². The van der Waals surface area contributed by atoms with Gasteiger partial charge in [-0.05, 0) is 17.2 Å². The molecule has 150 valence electrons. The lowest BCUT2D eigenvalue weighted by Gasteiger charge is -2.34. The first kappa shape index (κ1) is 20.2. The van der Waals surface area contributed by atoms with Crippen LogP contribution in [0.2, 0.25) is 0 Å². The van der Waals surface area contributed by atoms with Crippen molar-refractivity contribution in [3.05, 3.63) is 65.7 Å². The number of halogens is 3. The van der Waals surface area contributed by atoms with Crippen molar-refractivity contribution in [1.82, 2.24) is 9.80 Å². The molecule has 1 saturated heterocycles. The number of carbonyl (C=O) groups is 1. The fourth-order valence-electron chi connectivity index (χ4n) is 3.25. The van der Waals surface area contributed by atoms with Crippen LogP contribution in [0.3, 0.4) is 0 Å². The average molecular weight is 392 g/mol. The SMILES string of the molecule is O=C(COc1ccccc1Cc1ccccc1)N1CCN(CC(F)(F)F)CC1. The molecule has 1 aliphatic rings. The van der Waals surface area contributed by atoms with Crippen LogP contribution < -0.4 is 4.74 Å². The summed E-state index contributed by atoms with van der Waals surface area (Å²) in [7, 11) is 0. The molecule has 3 rings (SSSR count). The maximum absolute atomic E-state index is 12.5. The van der Waals surface area contributed by atoms with E-state index in [4.69, 9.17) is 4.74 Å². The zero-order valence-corrected chi connectivity index (χ0v) is 15.5. The minimum absolute atomic E-state index is 0.120. The third kappa shape index (κ3) is 5.99. The maximum atomic E-state index is 12.5. The molecule has 0 unspecified atom stereocenters. The minimum atomic E-state index is -4.21. The van der Waals surface area contributed by atoms with Crippen molar-refractivity contribution in [2.24, 2.45) is 0 Å². The van der Waals surface area contributed by atoms with E-state index in [1.165, 1.54) is 4.90 Å². The van der Waals surface area contributed by atoms with E-state index in [9.17, 15) is 18.0 Å². The van der Waals surface area contributed by atoms with Crippen molar-refractivity contribution < 1.29 is 22.7 Å². The monoisotopic (exact) mass is 392 g/mol. The standard InChI is InChI=1S/C21H23F3N2O2/c22-21(23,24)16-25-10-12-26(13-11-25)20(27)15-28-19-9-5-4-8-18(19)14-17-6-2-1-3-7-17/h1-9H,10-16H2. The zero-order chi connectivity index (χ0) is 20.0. The normalized spacial score (nSPS) is 15.5. The summed E-state index contributed by atoms with van der Waals surface area (Å²) >= 11 is 0. The summed E-state index contributed by atoms with van der Waals surface area (Å²) in [4.78, 5) is 15.3. The molecule has 0 aliphatic carbocycles. The van der Waals surface area contributed by atoms with Crippen LogP contribution in [0.25, 0.3) is 0 Å². The molecule has 0 bridgehead atoms. The van der Waals surface area contributed by atoms with Gasteiger partial charge in [-0.25, -0.2) is 0 Å². The second kappa shape index (κ2) is 9.10. The molecular weight excluding hydrogens is 369 g/mol. The van der Waals surface area contributed by atoms with Crippen LogP contribution in [-0.4, -0.2) is 61.2 Å². The maximum Gasteiger partial charge on any atom is 0.401 e. The molecule has 0 N–H and O–H groups in total. The first-order valence-corrected chi connectivity index (χ1v) is 9.22. The highest BCUT2D eigenvalue weighted by atomic mass is 19.4. The van der Waals surface area contributed by atoms with Gasteiger partial charge >= 0.3 is 6.18 Å². The van der Waals surface area contributed by atoms with Gasteiger partial charge in [0.2, 0.25) is 0 Å². The van der Waals surface area contributed by atoms with E-state index in [1.807, 2.05) is 54.6 Å².